The van der Waals surface area contributed by atoms with Crippen LogP contribution in [0.4, 0.5) is 11.5 Å². The molecule has 2 aliphatic carbocycles. The molecule has 0 bridgehead atoms. The Morgan fingerprint density at radius 3 is 2.65 bits per heavy atom. The summed E-state index contributed by atoms with van der Waals surface area (Å²) in [5.74, 6) is 0.902. The van der Waals surface area contributed by atoms with Crippen LogP contribution in [0, 0.1) is 5.41 Å². The summed E-state index contributed by atoms with van der Waals surface area (Å²) < 4.78 is 5.13. The zero-order valence-electron chi connectivity index (χ0n) is 18.7. The third-order valence-electron chi connectivity index (χ3n) is 6.67. The smallest absolute Gasteiger partial charge is 0.126 e. The Kier molecular flexibility index (Phi) is 7.36. The fraction of sp³-hybridized carbons (Fsp3) is 0.560. The zero-order valence-corrected chi connectivity index (χ0v) is 19.5. The second kappa shape index (κ2) is 10.2. The lowest BCUT2D eigenvalue weighted by Crippen LogP contribution is -2.38. The molecule has 2 aliphatic rings. The Labute approximate surface area is 191 Å². The van der Waals surface area contributed by atoms with Crippen LogP contribution in [0.25, 0.3) is 11.1 Å². The van der Waals surface area contributed by atoms with Gasteiger partial charge in [0.15, 0.2) is 0 Å². The van der Waals surface area contributed by atoms with Crippen LogP contribution in [0.1, 0.15) is 45.4 Å². The molecule has 3 N–H and O–H groups in total. The zero-order chi connectivity index (χ0) is 21.7. The average molecular weight is 443 g/mol. The summed E-state index contributed by atoms with van der Waals surface area (Å²) in [6, 6.07) is 11.7. The standard InChI is InChI=1S/C25H35ClN4O/c1-25(10-11-25)17-29-21-5-3-4-18(14-21)22-15-24(28-16-23(22)26)30-20-8-6-19(7-9-20)27-12-13-31-2/h3-5,14-16,19-20,27,29H,6-13,17H2,1-2H3,(H,28,30). The molecular weight excluding hydrogens is 408 g/mol. The van der Waals surface area contributed by atoms with Crippen LogP contribution in [-0.4, -0.2) is 43.9 Å². The summed E-state index contributed by atoms with van der Waals surface area (Å²) in [4.78, 5) is 4.55. The molecular formula is C25H35ClN4O. The van der Waals surface area contributed by atoms with E-state index >= 15 is 0 Å². The van der Waals surface area contributed by atoms with Crippen molar-refractivity contribution in [3.8, 4) is 11.1 Å². The Morgan fingerprint density at radius 1 is 1.13 bits per heavy atom. The van der Waals surface area contributed by atoms with Gasteiger partial charge in [0, 0.05) is 49.7 Å². The summed E-state index contributed by atoms with van der Waals surface area (Å²) in [7, 11) is 1.75. The van der Waals surface area contributed by atoms with Gasteiger partial charge in [-0.25, -0.2) is 4.98 Å². The van der Waals surface area contributed by atoms with Crippen molar-refractivity contribution in [2.45, 2.75) is 57.5 Å². The van der Waals surface area contributed by atoms with Gasteiger partial charge in [-0.05, 0) is 67.7 Å². The molecule has 1 aromatic carbocycles. The molecule has 2 fully saturated rings. The van der Waals surface area contributed by atoms with E-state index in [9.17, 15) is 0 Å². The van der Waals surface area contributed by atoms with Gasteiger partial charge in [-0.15, -0.1) is 0 Å². The molecule has 0 amide bonds. The average Bonchev–Trinajstić information content (AvgIpc) is 3.53. The van der Waals surface area contributed by atoms with Gasteiger partial charge < -0.3 is 20.7 Å². The van der Waals surface area contributed by atoms with Gasteiger partial charge in [0.05, 0.1) is 11.6 Å². The molecule has 0 atom stereocenters. The summed E-state index contributed by atoms with van der Waals surface area (Å²) >= 11 is 6.54. The first-order valence-electron chi connectivity index (χ1n) is 11.5. The number of pyridine rings is 1. The monoisotopic (exact) mass is 442 g/mol. The molecule has 0 radical (unpaired) electrons. The number of hydrogen-bond acceptors (Lipinski definition) is 5. The second-order valence-electron chi connectivity index (χ2n) is 9.43. The lowest BCUT2D eigenvalue weighted by atomic mass is 9.91. The van der Waals surface area contributed by atoms with E-state index in [0.29, 0.717) is 22.5 Å². The minimum Gasteiger partial charge on any atom is -0.384 e. The van der Waals surface area contributed by atoms with Crippen LogP contribution in [-0.2, 0) is 4.74 Å². The number of benzene rings is 1. The minimum absolute atomic E-state index is 0.453. The summed E-state index contributed by atoms with van der Waals surface area (Å²) in [6.07, 6.45) is 9.03. The number of nitrogens with zero attached hydrogens (tertiary/aromatic N) is 1. The minimum atomic E-state index is 0.453. The molecule has 2 aromatic rings. The summed E-state index contributed by atoms with van der Waals surface area (Å²) in [5, 5.41) is 11.5. The highest BCUT2D eigenvalue weighted by Crippen LogP contribution is 2.44. The Balaban J connectivity index is 1.36. The first kappa shape index (κ1) is 22.4. The third kappa shape index (κ3) is 6.34. The van der Waals surface area contributed by atoms with E-state index in [1.54, 1.807) is 13.3 Å². The van der Waals surface area contributed by atoms with E-state index < -0.39 is 0 Å². The van der Waals surface area contributed by atoms with Crippen molar-refractivity contribution in [2.24, 2.45) is 5.41 Å². The van der Waals surface area contributed by atoms with Crippen molar-refractivity contribution >= 4 is 23.1 Å². The van der Waals surface area contributed by atoms with Crippen LogP contribution >= 0.6 is 11.6 Å². The molecule has 0 spiro atoms. The normalized spacial score (nSPS) is 22.2. The van der Waals surface area contributed by atoms with Gasteiger partial charge in [-0.3, -0.25) is 0 Å². The van der Waals surface area contributed by atoms with Crippen molar-refractivity contribution in [3.63, 3.8) is 0 Å². The van der Waals surface area contributed by atoms with Crippen molar-refractivity contribution in [1.29, 1.82) is 0 Å². The number of methoxy groups -OCH3 is 1. The van der Waals surface area contributed by atoms with E-state index in [0.717, 1.165) is 55.2 Å². The molecule has 2 saturated carbocycles. The number of ether oxygens (including phenoxy) is 1. The Morgan fingerprint density at radius 2 is 1.90 bits per heavy atom. The van der Waals surface area contributed by atoms with Gasteiger partial charge in [-0.2, -0.15) is 0 Å². The van der Waals surface area contributed by atoms with E-state index in [2.05, 4.69) is 58.2 Å². The van der Waals surface area contributed by atoms with Crippen molar-refractivity contribution < 1.29 is 4.74 Å². The maximum absolute atomic E-state index is 6.54. The van der Waals surface area contributed by atoms with Crippen LogP contribution < -0.4 is 16.0 Å². The first-order chi connectivity index (χ1) is 15.0. The number of anilines is 2. The number of hydrogen-bond donors (Lipinski definition) is 3. The number of aromatic nitrogens is 1. The topological polar surface area (TPSA) is 58.2 Å². The first-order valence-corrected chi connectivity index (χ1v) is 11.9. The fourth-order valence-corrected chi connectivity index (χ4v) is 4.47. The molecule has 0 saturated heterocycles. The molecule has 6 heteroatoms. The van der Waals surface area contributed by atoms with Crippen LogP contribution in [0.5, 0.6) is 0 Å². The molecule has 31 heavy (non-hydrogen) atoms. The van der Waals surface area contributed by atoms with Crippen LogP contribution in [0.2, 0.25) is 5.02 Å². The maximum atomic E-state index is 6.54. The van der Waals surface area contributed by atoms with E-state index in [4.69, 9.17) is 16.3 Å². The Hall–Kier alpha value is -1.82. The summed E-state index contributed by atoms with van der Waals surface area (Å²) in [5.41, 5.74) is 3.76. The second-order valence-corrected chi connectivity index (χ2v) is 9.84. The van der Waals surface area contributed by atoms with Gasteiger partial charge in [-0.1, -0.05) is 30.7 Å². The van der Waals surface area contributed by atoms with Crippen LogP contribution in [0.3, 0.4) is 0 Å². The Bertz CT molecular complexity index is 862. The number of halogens is 1. The maximum Gasteiger partial charge on any atom is 0.126 e. The van der Waals surface area contributed by atoms with Crippen molar-refractivity contribution in [3.05, 3.63) is 41.6 Å². The van der Waals surface area contributed by atoms with Gasteiger partial charge in [0.25, 0.3) is 0 Å². The van der Waals surface area contributed by atoms with Gasteiger partial charge in [0.1, 0.15) is 5.82 Å². The predicted octanol–water partition coefficient (Wildman–Crippen LogP) is 5.57. The van der Waals surface area contributed by atoms with Crippen LogP contribution in [0.15, 0.2) is 36.5 Å². The fourth-order valence-electron chi connectivity index (χ4n) is 4.26. The van der Waals surface area contributed by atoms with Gasteiger partial charge in [0.2, 0.25) is 0 Å². The highest BCUT2D eigenvalue weighted by atomic mass is 35.5. The highest BCUT2D eigenvalue weighted by Gasteiger charge is 2.36. The quantitative estimate of drug-likeness (QED) is 0.420. The molecule has 168 valence electrons. The molecule has 4 rings (SSSR count). The molecule has 1 aromatic heterocycles. The van der Waals surface area contributed by atoms with E-state index in [-0.39, 0.29) is 0 Å². The van der Waals surface area contributed by atoms with Crippen molar-refractivity contribution in [2.75, 3.05) is 37.4 Å². The molecule has 0 aliphatic heterocycles. The van der Waals surface area contributed by atoms with Crippen molar-refractivity contribution in [1.82, 2.24) is 10.3 Å². The highest BCUT2D eigenvalue weighted by molar-refractivity contribution is 6.33. The molecule has 0 unspecified atom stereocenters. The van der Waals surface area contributed by atoms with E-state index in [1.807, 2.05) is 0 Å². The van der Waals surface area contributed by atoms with E-state index in [1.165, 1.54) is 25.7 Å². The molecule has 1 heterocycles. The lowest BCUT2D eigenvalue weighted by Gasteiger charge is -2.30. The molecule has 5 nitrogen and oxygen atoms in total. The number of nitrogens with one attached hydrogen (secondary N) is 3. The number of rotatable bonds is 10. The predicted molar refractivity (Wildman–Crippen MR) is 130 cm³/mol. The largest absolute Gasteiger partial charge is 0.384 e. The third-order valence-corrected chi connectivity index (χ3v) is 6.97. The summed E-state index contributed by atoms with van der Waals surface area (Å²) in [6.45, 7) is 5.06. The lowest BCUT2D eigenvalue weighted by molar-refractivity contribution is 0.191. The van der Waals surface area contributed by atoms with Gasteiger partial charge >= 0.3 is 0 Å². The SMILES string of the molecule is COCCNC1CCC(Nc2cc(-c3cccc(NCC4(C)CC4)c3)c(Cl)cn2)CC1.